The van der Waals surface area contributed by atoms with Crippen molar-refractivity contribution in [2.24, 2.45) is 0 Å². The first-order valence-electron chi connectivity index (χ1n) is 10.4. The molecule has 0 saturated carbocycles. The van der Waals surface area contributed by atoms with Crippen LogP contribution in [0.4, 0.5) is 5.82 Å². The van der Waals surface area contributed by atoms with Crippen molar-refractivity contribution >= 4 is 16.9 Å². The van der Waals surface area contributed by atoms with E-state index in [4.69, 9.17) is 0 Å². The molecule has 0 spiro atoms. The number of rotatable bonds is 7. The van der Waals surface area contributed by atoms with Crippen LogP contribution in [0.5, 0.6) is 0 Å². The van der Waals surface area contributed by atoms with E-state index in [9.17, 15) is 5.11 Å². The molecule has 1 aliphatic heterocycles. The van der Waals surface area contributed by atoms with Crippen LogP contribution < -0.4 is 4.90 Å². The topological polar surface area (TPSA) is 86.1 Å². The summed E-state index contributed by atoms with van der Waals surface area (Å²) in [6.45, 7) is 8.10. The van der Waals surface area contributed by atoms with Crippen molar-refractivity contribution in [1.29, 1.82) is 0 Å². The van der Waals surface area contributed by atoms with Gasteiger partial charge < -0.3 is 19.9 Å². The molecule has 4 rings (SSSR count). The molecule has 3 aromatic rings. The van der Waals surface area contributed by atoms with Gasteiger partial charge in [0.05, 0.1) is 16.7 Å². The highest BCUT2D eigenvalue weighted by molar-refractivity contribution is 5.87. The number of aliphatic hydroxyl groups is 1. The summed E-state index contributed by atoms with van der Waals surface area (Å²) < 4.78 is 2.07. The third-order valence-electron chi connectivity index (χ3n) is 5.77. The van der Waals surface area contributed by atoms with Crippen LogP contribution in [0.3, 0.4) is 0 Å². The predicted octanol–water partition coefficient (Wildman–Crippen LogP) is 2.12. The second kappa shape index (κ2) is 8.12. The number of hydrogen-bond donors (Lipinski definition) is 2. The predicted molar refractivity (Wildman–Crippen MR) is 114 cm³/mol. The Morgan fingerprint density at radius 2 is 2.17 bits per heavy atom. The first kappa shape index (κ1) is 19.8. The van der Waals surface area contributed by atoms with Crippen LogP contribution in [0.1, 0.15) is 30.7 Å². The summed E-state index contributed by atoms with van der Waals surface area (Å²) in [5, 5.41) is 16.8. The molecule has 1 atom stereocenters. The molecular formula is C21H31N7O. The first-order chi connectivity index (χ1) is 13.9. The lowest BCUT2D eigenvalue weighted by Gasteiger charge is -2.41. The smallest absolute Gasteiger partial charge is 0.142 e. The molecule has 1 fully saturated rings. The maximum absolute atomic E-state index is 11.3. The fourth-order valence-electron chi connectivity index (χ4n) is 4.51. The van der Waals surface area contributed by atoms with Gasteiger partial charge in [0.25, 0.3) is 0 Å². The minimum atomic E-state index is -0.737. The molecule has 29 heavy (non-hydrogen) atoms. The van der Waals surface area contributed by atoms with E-state index in [1.54, 1.807) is 6.33 Å². The molecule has 156 valence electrons. The highest BCUT2D eigenvalue weighted by Crippen LogP contribution is 2.29. The van der Waals surface area contributed by atoms with Crippen LogP contribution >= 0.6 is 0 Å². The maximum Gasteiger partial charge on any atom is 0.142 e. The third kappa shape index (κ3) is 4.43. The second-order valence-electron chi connectivity index (χ2n) is 8.43. The number of aryl methyl sites for hydroxylation is 3. The number of fused-ring (bicyclic) bond motifs is 1. The Bertz CT molecular complexity index is 965. The number of likely N-dealkylation sites (N-methyl/N-ethyl adjacent to an activating group) is 1. The Hall–Kier alpha value is -2.45. The minimum absolute atomic E-state index is 0.589. The number of anilines is 1. The van der Waals surface area contributed by atoms with Gasteiger partial charge in [0.15, 0.2) is 0 Å². The van der Waals surface area contributed by atoms with Crippen molar-refractivity contribution < 1.29 is 5.11 Å². The van der Waals surface area contributed by atoms with E-state index in [2.05, 4.69) is 54.6 Å². The van der Waals surface area contributed by atoms with Gasteiger partial charge in [-0.1, -0.05) is 0 Å². The fourth-order valence-corrected chi connectivity index (χ4v) is 4.51. The summed E-state index contributed by atoms with van der Waals surface area (Å²) in [5.74, 6) is 0.904. The molecule has 8 heteroatoms. The molecule has 3 aromatic heterocycles. The molecule has 0 aliphatic carbocycles. The Labute approximate surface area is 171 Å². The Balaban J connectivity index is 1.35. The summed E-state index contributed by atoms with van der Waals surface area (Å²) in [6, 6.07) is 4.11. The van der Waals surface area contributed by atoms with Gasteiger partial charge in [0, 0.05) is 38.1 Å². The van der Waals surface area contributed by atoms with Gasteiger partial charge in [-0.3, -0.25) is 4.68 Å². The average molecular weight is 398 g/mol. The van der Waals surface area contributed by atoms with E-state index in [0.29, 0.717) is 13.1 Å². The molecule has 0 radical (unpaired) electrons. The average Bonchev–Trinajstić information content (AvgIpc) is 3.27. The van der Waals surface area contributed by atoms with E-state index in [1.165, 1.54) is 5.69 Å². The minimum Gasteiger partial charge on any atom is -0.387 e. The largest absolute Gasteiger partial charge is 0.387 e. The van der Waals surface area contributed by atoms with Crippen LogP contribution in [0.2, 0.25) is 0 Å². The molecule has 1 saturated heterocycles. The highest BCUT2D eigenvalue weighted by atomic mass is 16.3. The Morgan fingerprint density at radius 1 is 1.31 bits per heavy atom. The van der Waals surface area contributed by atoms with Crippen molar-refractivity contribution in [2.45, 2.75) is 45.3 Å². The summed E-state index contributed by atoms with van der Waals surface area (Å²) in [7, 11) is 2.09. The summed E-state index contributed by atoms with van der Waals surface area (Å²) in [6.07, 6.45) is 6.25. The number of aromatic amines is 1. The van der Waals surface area contributed by atoms with Gasteiger partial charge in [0.1, 0.15) is 17.8 Å². The molecule has 0 aromatic carbocycles. The van der Waals surface area contributed by atoms with Crippen molar-refractivity contribution in [2.75, 3.05) is 38.1 Å². The van der Waals surface area contributed by atoms with Crippen LogP contribution in [0.25, 0.3) is 11.0 Å². The van der Waals surface area contributed by atoms with Crippen LogP contribution in [-0.2, 0) is 6.54 Å². The molecule has 8 nitrogen and oxygen atoms in total. The first-order valence-corrected chi connectivity index (χ1v) is 10.4. The quantitative estimate of drug-likeness (QED) is 0.635. The number of nitrogens with one attached hydrogen (secondary N) is 1. The molecular weight excluding hydrogens is 366 g/mol. The highest BCUT2D eigenvalue weighted by Gasteiger charge is 2.35. The lowest BCUT2D eigenvalue weighted by Crippen LogP contribution is -2.54. The number of aromatic nitrogens is 5. The normalized spacial score (nSPS) is 20.1. The SMILES string of the molecule is Cc1cc(C)n(CCCN(C)CC2(O)CCCN(c3ncnc4[nH]ccc34)C2)n1. The Kier molecular flexibility index (Phi) is 5.56. The molecule has 2 N–H and O–H groups in total. The lowest BCUT2D eigenvalue weighted by molar-refractivity contribution is -0.00212. The summed E-state index contributed by atoms with van der Waals surface area (Å²) in [5.41, 5.74) is 2.37. The zero-order valence-electron chi connectivity index (χ0n) is 17.6. The summed E-state index contributed by atoms with van der Waals surface area (Å²) >= 11 is 0. The fraction of sp³-hybridized carbons (Fsp3) is 0.571. The van der Waals surface area contributed by atoms with Gasteiger partial charge in [-0.2, -0.15) is 5.10 Å². The van der Waals surface area contributed by atoms with Gasteiger partial charge in [-0.15, -0.1) is 0 Å². The molecule has 0 amide bonds. The van der Waals surface area contributed by atoms with Gasteiger partial charge in [-0.05, 0) is 58.8 Å². The molecule has 0 bridgehead atoms. The lowest BCUT2D eigenvalue weighted by atomic mass is 9.92. The van der Waals surface area contributed by atoms with E-state index in [1.807, 2.05) is 19.2 Å². The van der Waals surface area contributed by atoms with Gasteiger partial charge >= 0.3 is 0 Å². The Morgan fingerprint density at radius 3 is 2.97 bits per heavy atom. The van der Waals surface area contributed by atoms with Crippen LogP contribution in [0.15, 0.2) is 24.7 Å². The standard InChI is InChI=1S/C21H31N7O/c1-16-12-17(2)28(25-16)11-5-9-26(3)13-21(29)7-4-10-27(14-21)20-18-6-8-22-19(18)23-15-24-20/h6,8,12,15,29H,4-5,7,9-11,13-14H2,1-3H3,(H,22,23,24). The third-order valence-corrected chi connectivity index (χ3v) is 5.77. The van der Waals surface area contributed by atoms with E-state index in [-0.39, 0.29) is 0 Å². The van der Waals surface area contributed by atoms with Crippen LogP contribution in [-0.4, -0.2) is 73.6 Å². The second-order valence-corrected chi connectivity index (χ2v) is 8.43. The zero-order chi connectivity index (χ0) is 20.4. The monoisotopic (exact) mass is 397 g/mol. The number of hydrogen-bond acceptors (Lipinski definition) is 6. The van der Waals surface area contributed by atoms with E-state index in [0.717, 1.165) is 61.4 Å². The summed E-state index contributed by atoms with van der Waals surface area (Å²) in [4.78, 5) is 16.4. The van der Waals surface area contributed by atoms with Crippen molar-refractivity contribution in [3.63, 3.8) is 0 Å². The van der Waals surface area contributed by atoms with Gasteiger partial charge in [-0.25, -0.2) is 9.97 Å². The molecule has 4 heterocycles. The number of β-amino-alcohol motifs (C(OH)–C–C–N with tert-alkyl or cyclic N) is 1. The van der Waals surface area contributed by atoms with Crippen molar-refractivity contribution in [1.82, 2.24) is 29.6 Å². The van der Waals surface area contributed by atoms with Crippen molar-refractivity contribution in [3.05, 3.63) is 36.0 Å². The molecule has 1 unspecified atom stereocenters. The van der Waals surface area contributed by atoms with Crippen molar-refractivity contribution in [3.8, 4) is 0 Å². The maximum atomic E-state index is 11.3. The van der Waals surface area contributed by atoms with E-state index >= 15 is 0 Å². The molecule has 1 aliphatic rings. The number of H-pyrrole nitrogens is 1. The zero-order valence-corrected chi connectivity index (χ0v) is 17.6. The number of nitrogens with zero attached hydrogens (tertiary/aromatic N) is 6. The number of piperidine rings is 1. The van der Waals surface area contributed by atoms with Crippen LogP contribution in [0, 0.1) is 13.8 Å². The van der Waals surface area contributed by atoms with Gasteiger partial charge in [0.2, 0.25) is 0 Å². The van der Waals surface area contributed by atoms with E-state index < -0.39 is 5.60 Å².